The van der Waals surface area contributed by atoms with E-state index in [1.807, 2.05) is 13.1 Å². The number of benzene rings is 2. The Hall–Kier alpha value is -2.06. The molecule has 0 amide bonds. The average Bonchev–Trinajstić information content (AvgIpc) is 2.92. The normalized spacial score (nSPS) is 12.7. The molecule has 2 aromatic carbocycles. The molecule has 0 aliphatic carbocycles. The Morgan fingerprint density at radius 2 is 1.81 bits per heavy atom. The summed E-state index contributed by atoms with van der Waals surface area (Å²) in [5.41, 5.74) is 4.64. The Kier molecular flexibility index (Phi) is 3.80. The second-order valence-electron chi connectivity index (χ2n) is 5.52. The van der Waals surface area contributed by atoms with E-state index in [1.165, 1.54) is 11.1 Å². The Labute approximate surface area is 125 Å². The highest BCUT2D eigenvalue weighted by atomic mass is 16.3. The van der Waals surface area contributed by atoms with E-state index in [-0.39, 0.29) is 0 Å². The molecular weight excluding hydrogens is 258 g/mol. The standard InChI is InChI=1S/C19H21NO/c1-4-17(20-3)14-6-8-15(9-7-14)19-12-16-11-13(2)5-10-18(16)21-19/h5-12,17,20H,4H2,1-3H3. The lowest BCUT2D eigenvalue weighted by Gasteiger charge is -2.14. The lowest BCUT2D eigenvalue weighted by molar-refractivity contribution is 0.577. The van der Waals surface area contributed by atoms with Gasteiger partial charge in [-0.25, -0.2) is 0 Å². The van der Waals surface area contributed by atoms with Crippen molar-refractivity contribution < 1.29 is 4.42 Å². The van der Waals surface area contributed by atoms with Crippen molar-refractivity contribution in [3.05, 3.63) is 59.7 Å². The third kappa shape index (κ3) is 2.72. The molecule has 2 nitrogen and oxygen atoms in total. The molecule has 0 aliphatic rings. The monoisotopic (exact) mass is 279 g/mol. The molecule has 0 saturated carbocycles. The fourth-order valence-corrected chi connectivity index (χ4v) is 2.79. The number of nitrogens with one attached hydrogen (secondary N) is 1. The van der Waals surface area contributed by atoms with Gasteiger partial charge in [0.1, 0.15) is 11.3 Å². The van der Waals surface area contributed by atoms with Crippen LogP contribution in [0.2, 0.25) is 0 Å². The van der Waals surface area contributed by atoms with Gasteiger partial charge in [0.25, 0.3) is 0 Å². The molecule has 1 N–H and O–H groups in total. The van der Waals surface area contributed by atoms with Crippen molar-refractivity contribution in [1.29, 1.82) is 0 Å². The number of hydrogen-bond acceptors (Lipinski definition) is 2. The topological polar surface area (TPSA) is 25.2 Å². The van der Waals surface area contributed by atoms with Crippen molar-refractivity contribution >= 4 is 11.0 Å². The third-order valence-corrected chi connectivity index (χ3v) is 4.03. The van der Waals surface area contributed by atoms with Crippen LogP contribution in [0.4, 0.5) is 0 Å². The van der Waals surface area contributed by atoms with Crippen molar-refractivity contribution in [3.63, 3.8) is 0 Å². The molecule has 1 aromatic heterocycles. The minimum Gasteiger partial charge on any atom is -0.456 e. The first-order chi connectivity index (χ1) is 10.2. The van der Waals surface area contributed by atoms with E-state index >= 15 is 0 Å². The predicted molar refractivity (Wildman–Crippen MR) is 88.5 cm³/mol. The van der Waals surface area contributed by atoms with Gasteiger partial charge in [-0.3, -0.25) is 0 Å². The molecule has 0 saturated heterocycles. The first kappa shape index (κ1) is 13.9. The molecule has 1 heterocycles. The van der Waals surface area contributed by atoms with Gasteiger partial charge in [0.05, 0.1) is 0 Å². The van der Waals surface area contributed by atoms with Crippen LogP contribution in [0, 0.1) is 6.92 Å². The van der Waals surface area contributed by atoms with E-state index in [2.05, 4.69) is 61.6 Å². The Morgan fingerprint density at radius 3 is 2.48 bits per heavy atom. The summed E-state index contributed by atoms with van der Waals surface area (Å²) in [5.74, 6) is 0.930. The van der Waals surface area contributed by atoms with Crippen molar-refractivity contribution in [3.8, 4) is 11.3 Å². The van der Waals surface area contributed by atoms with E-state index in [9.17, 15) is 0 Å². The zero-order chi connectivity index (χ0) is 14.8. The van der Waals surface area contributed by atoms with E-state index < -0.39 is 0 Å². The van der Waals surface area contributed by atoms with Gasteiger partial charge in [0, 0.05) is 17.0 Å². The molecule has 1 atom stereocenters. The van der Waals surface area contributed by atoms with Crippen LogP contribution in [0.3, 0.4) is 0 Å². The summed E-state index contributed by atoms with van der Waals surface area (Å²) in [6.45, 7) is 4.29. The quantitative estimate of drug-likeness (QED) is 0.720. The fourth-order valence-electron chi connectivity index (χ4n) is 2.79. The maximum absolute atomic E-state index is 5.95. The van der Waals surface area contributed by atoms with Crippen LogP contribution in [-0.2, 0) is 0 Å². The van der Waals surface area contributed by atoms with Crippen molar-refractivity contribution in [2.24, 2.45) is 0 Å². The summed E-state index contributed by atoms with van der Waals surface area (Å²) in [5, 5.41) is 4.49. The molecule has 0 fully saturated rings. The Balaban J connectivity index is 1.95. The van der Waals surface area contributed by atoms with Crippen LogP contribution in [-0.4, -0.2) is 7.05 Å². The van der Waals surface area contributed by atoms with Crippen LogP contribution in [0.5, 0.6) is 0 Å². The van der Waals surface area contributed by atoms with Crippen LogP contribution in [0.15, 0.2) is 52.9 Å². The molecule has 3 aromatic rings. The van der Waals surface area contributed by atoms with Crippen molar-refractivity contribution in [2.75, 3.05) is 7.05 Å². The second-order valence-corrected chi connectivity index (χ2v) is 5.52. The minimum atomic E-state index is 0.414. The van der Waals surface area contributed by atoms with E-state index in [0.29, 0.717) is 6.04 Å². The summed E-state index contributed by atoms with van der Waals surface area (Å²) < 4.78 is 5.95. The van der Waals surface area contributed by atoms with Gasteiger partial charge in [-0.1, -0.05) is 42.8 Å². The first-order valence-electron chi connectivity index (χ1n) is 7.49. The SMILES string of the molecule is CCC(NC)c1ccc(-c2cc3cc(C)ccc3o2)cc1. The molecule has 3 rings (SSSR count). The smallest absolute Gasteiger partial charge is 0.135 e. The third-order valence-electron chi connectivity index (χ3n) is 4.03. The highest BCUT2D eigenvalue weighted by molar-refractivity contribution is 5.83. The number of fused-ring (bicyclic) bond motifs is 1. The summed E-state index contributed by atoms with van der Waals surface area (Å²) in [7, 11) is 2.00. The van der Waals surface area contributed by atoms with E-state index in [0.717, 1.165) is 28.7 Å². The number of hydrogen-bond donors (Lipinski definition) is 1. The maximum atomic E-state index is 5.95. The molecule has 1 unspecified atom stereocenters. The Bertz CT molecular complexity index is 736. The Morgan fingerprint density at radius 1 is 1.05 bits per heavy atom. The van der Waals surface area contributed by atoms with Crippen molar-refractivity contribution in [2.45, 2.75) is 26.3 Å². The molecule has 2 heteroatoms. The maximum Gasteiger partial charge on any atom is 0.135 e. The summed E-state index contributed by atoms with van der Waals surface area (Å²) >= 11 is 0. The van der Waals surface area contributed by atoms with E-state index in [1.54, 1.807) is 0 Å². The minimum absolute atomic E-state index is 0.414. The van der Waals surface area contributed by atoms with Crippen LogP contribution < -0.4 is 5.32 Å². The summed E-state index contributed by atoms with van der Waals surface area (Å²) in [6, 6.07) is 17.4. The molecule has 0 spiro atoms. The van der Waals surface area contributed by atoms with Gasteiger partial charge >= 0.3 is 0 Å². The average molecular weight is 279 g/mol. The molecule has 0 aliphatic heterocycles. The summed E-state index contributed by atoms with van der Waals surface area (Å²) in [6.07, 6.45) is 1.08. The fraction of sp³-hybridized carbons (Fsp3) is 0.263. The van der Waals surface area contributed by atoms with Crippen LogP contribution in [0.25, 0.3) is 22.3 Å². The van der Waals surface area contributed by atoms with Crippen LogP contribution in [0.1, 0.15) is 30.5 Å². The first-order valence-corrected chi connectivity index (χ1v) is 7.49. The molecule has 21 heavy (non-hydrogen) atoms. The highest BCUT2D eigenvalue weighted by Gasteiger charge is 2.09. The predicted octanol–water partition coefficient (Wildman–Crippen LogP) is 5.08. The highest BCUT2D eigenvalue weighted by Crippen LogP contribution is 2.29. The zero-order valence-corrected chi connectivity index (χ0v) is 12.8. The number of rotatable bonds is 4. The van der Waals surface area contributed by atoms with Crippen molar-refractivity contribution in [1.82, 2.24) is 5.32 Å². The van der Waals surface area contributed by atoms with Gasteiger partial charge in [0.15, 0.2) is 0 Å². The zero-order valence-electron chi connectivity index (χ0n) is 12.8. The molecule has 0 radical (unpaired) electrons. The van der Waals surface area contributed by atoms with Crippen LogP contribution >= 0.6 is 0 Å². The number of aryl methyl sites for hydroxylation is 1. The second kappa shape index (κ2) is 5.74. The lowest BCUT2D eigenvalue weighted by atomic mass is 10.0. The molecule has 108 valence electrons. The van der Waals surface area contributed by atoms with Gasteiger partial charge in [-0.15, -0.1) is 0 Å². The lowest BCUT2D eigenvalue weighted by Crippen LogP contribution is -2.14. The van der Waals surface area contributed by atoms with E-state index in [4.69, 9.17) is 4.42 Å². The van der Waals surface area contributed by atoms with Gasteiger partial charge < -0.3 is 9.73 Å². The van der Waals surface area contributed by atoms with Gasteiger partial charge in [0.2, 0.25) is 0 Å². The number of furan rings is 1. The molecular formula is C19H21NO. The molecule has 0 bridgehead atoms. The van der Waals surface area contributed by atoms with Gasteiger partial charge in [-0.05, 0) is 44.2 Å². The van der Waals surface area contributed by atoms with Gasteiger partial charge in [-0.2, -0.15) is 0 Å². The largest absolute Gasteiger partial charge is 0.456 e. The summed E-state index contributed by atoms with van der Waals surface area (Å²) in [4.78, 5) is 0.